The second-order valence-electron chi connectivity index (χ2n) is 8.26. The summed E-state index contributed by atoms with van der Waals surface area (Å²) >= 11 is 0. The Bertz CT molecular complexity index is 478. The Hall–Kier alpha value is -0.341. The summed E-state index contributed by atoms with van der Waals surface area (Å²) in [5, 5.41) is 0. The molecule has 180 valence electrons. The molecule has 0 aliphatic carbocycles. The number of hydrogen-bond acceptors (Lipinski definition) is 0. The van der Waals surface area contributed by atoms with Gasteiger partial charge in [0.15, 0.2) is 0 Å². The molecule has 0 amide bonds. The van der Waals surface area contributed by atoms with Gasteiger partial charge in [-0.15, -0.1) is 12.1 Å². The van der Waals surface area contributed by atoms with Crippen LogP contribution in [0.2, 0.25) is 0 Å². The number of rotatable bonds is 16. The quantitative estimate of drug-likeness (QED) is 0.190. The van der Waals surface area contributed by atoms with Crippen molar-refractivity contribution >= 4 is 5.69 Å². The molecule has 0 spiro atoms. The van der Waals surface area contributed by atoms with Crippen molar-refractivity contribution < 1.29 is 39.0 Å². The molecular formula is C27H46BrFeN-6. The van der Waals surface area contributed by atoms with Crippen LogP contribution in [0.15, 0.2) is 54.6 Å². The Labute approximate surface area is 209 Å². The smallest absolute Gasteiger partial charge is 0.0723 e. The Morgan fingerprint density at radius 3 is 1.30 bits per heavy atom. The van der Waals surface area contributed by atoms with Crippen LogP contribution in [-0.2, 0) is 17.1 Å². The van der Waals surface area contributed by atoms with E-state index in [1.807, 2.05) is 30.3 Å². The van der Waals surface area contributed by atoms with Crippen LogP contribution >= 0.6 is 0 Å². The zero-order valence-corrected chi connectivity index (χ0v) is 22.2. The molecule has 0 aromatic heterocycles. The summed E-state index contributed by atoms with van der Waals surface area (Å²) in [5.74, 6) is 0. The van der Waals surface area contributed by atoms with Crippen molar-refractivity contribution in [1.82, 2.24) is 0 Å². The first-order valence-corrected chi connectivity index (χ1v) is 12.1. The van der Waals surface area contributed by atoms with E-state index in [1.54, 1.807) is 4.90 Å². The van der Waals surface area contributed by atoms with Crippen LogP contribution in [0.25, 0.3) is 0 Å². The molecule has 0 bridgehead atoms. The van der Waals surface area contributed by atoms with E-state index in [0.717, 1.165) is 0 Å². The van der Waals surface area contributed by atoms with Gasteiger partial charge in [-0.25, -0.2) is 12.1 Å². The molecule has 0 aliphatic rings. The molecule has 30 heavy (non-hydrogen) atoms. The van der Waals surface area contributed by atoms with Crippen LogP contribution < -0.4 is 21.9 Å². The first kappa shape index (κ1) is 31.8. The van der Waals surface area contributed by atoms with E-state index in [2.05, 4.69) is 38.2 Å². The maximum Gasteiger partial charge on any atom is 0.0723 e. The molecule has 2 rings (SSSR count). The van der Waals surface area contributed by atoms with Gasteiger partial charge < -0.3 is 52.2 Å². The maximum absolute atomic E-state index is 2.29. The molecule has 3 heteroatoms. The van der Waals surface area contributed by atoms with Gasteiger partial charge in [0, 0.05) is 22.8 Å². The Morgan fingerprint density at radius 2 is 0.933 bits per heavy atom. The number of quaternary nitrogens is 1. The fourth-order valence-electron chi connectivity index (χ4n) is 3.71. The van der Waals surface area contributed by atoms with Crippen molar-refractivity contribution in [1.29, 1.82) is 0 Å². The van der Waals surface area contributed by atoms with E-state index < -0.39 is 0 Å². The van der Waals surface area contributed by atoms with Crippen molar-refractivity contribution in [2.24, 2.45) is 0 Å². The van der Waals surface area contributed by atoms with Gasteiger partial charge in [-0.2, -0.15) is 0 Å². The van der Waals surface area contributed by atoms with Crippen LogP contribution in [0.3, 0.4) is 0 Å². The number of unbranched alkanes of at least 4 members (excludes halogenated alkanes) is 13. The van der Waals surface area contributed by atoms with Crippen molar-refractivity contribution in [3.8, 4) is 0 Å². The maximum atomic E-state index is 2.29. The molecule has 2 aromatic rings. The summed E-state index contributed by atoms with van der Waals surface area (Å²) in [7, 11) is 2.29. The summed E-state index contributed by atoms with van der Waals surface area (Å²) in [6.07, 6.45) is 20.2. The number of halogens is 1. The van der Waals surface area contributed by atoms with Gasteiger partial charge >= 0.3 is 0 Å². The van der Waals surface area contributed by atoms with Crippen molar-refractivity contribution in [3.05, 3.63) is 54.6 Å². The number of hydrogen-bond donors (Lipinski definition) is 1. The summed E-state index contributed by atoms with van der Waals surface area (Å²) in [5.41, 5.74) is 1.44. The second kappa shape index (κ2) is 24.9. The number of nitrogens with one attached hydrogen (secondary N) is 1. The Balaban J connectivity index is 0. The third-order valence-corrected chi connectivity index (χ3v) is 5.62. The van der Waals surface area contributed by atoms with Gasteiger partial charge in [-0.1, -0.05) is 84.0 Å². The van der Waals surface area contributed by atoms with Gasteiger partial charge in [0.2, 0.25) is 0 Å². The Kier molecular flexibility index (Phi) is 26.5. The minimum atomic E-state index is 0. The summed E-state index contributed by atoms with van der Waals surface area (Å²) in [4.78, 5) is 1.56. The van der Waals surface area contributed by atoms with E-state index in [1.165, 1.54) is 102 Å². The minimum absolute atomic E-state index is 0. The molecule has 1 unspecified atom stereocenters. The largest absolute Gasteiger partial charge is 1.00 e. The SMILES string of the molecule is CCCCCCCCCCCCCCCC[NH+](C)[c-]1cccc1.[Br-].[Fe].[cH-]1[cH-][cH-][cH-][cH-]1. The molecule has 0 saturated carbocycles. The molecule has 2 aromatic carbocycles. The van der Waals surface area contributed by atoms with E-state index in [-0.39, 0.29) is 34.1 Å². The van der Waals surface area contributed by atoms with Gasteiger partial charge in [0.25, 0.3) is 0 Å². The van der Waals surface area contributed by atoms with E-state index in [9.17, 15) is 0 Å². The van der Waals surface area contributed by atoms with Gasteiger partial charge in [-0.3, -0.25) is 0 Å². The molecule has 1 atom stereocenters. The monoisotopic (exact) mass is 519 g/mol. The summed E-state index contributed by atoms with van der Waals surface area (Å²) in [6, 6.07) is 18.8. The molecule has 1 N–H and O–H groups in total. The van der Waals surface area contributed by atoms with E-state index in [4.69, 9.17) is 0 Å². The first-order valence-electron chi connectivity index (χ1n) is 12.1. The van der Waals surface area contributed by atoms with Gasteiger partial charge in [-0.05, 0) is 12.8 Å². The average Bonchev–Trinajstić information content (AvgIpc) is 3.44. The fraction of sp³-hybridized carbons (Fsp3) is 0.630. The van der Waals surface area contributed by atoms with E-state index in [0.29, 0.717) is 0 Å². The molecule has 0 aliphatic heterocycles. The first-order chi connectivity index (χ1) is 13.8. The topological polar surface area (TPSA) is 4.44 Å². The average molecular weight is 520 g/mol. The second-order valence-corrected chi connectivity index (χ2v) is 8.26. The third kappa shape index (κ3) is 19.6. The van der Waals surface area contributed by atoms with Gasteiger partial charge in [0.05, 0.1) is 13.6 Å². The zero-order valence-electron chi connectivity index (χ0n) is 19.5. The molecule has 1 nitrogen and oxygen atoms in total. The fourth-order valence-corrected chi connectivity index (χ4v) is 3.71. The molecule has 0 radical (unpaired) electrons. The predicted octanol–water partition coefficient (Wildman–Crippen LogP) is 4.44. The van der Waals surface area contributed by atoms with Crippen molar-refractivity contribution in [3.63, 3.8) is 0 Å². The van der Waals surface area contributed by atoms with Crippen molar-refractivity contribution in [2.45, 2.75) is 96.8 Å². The van der Waals surface area contributed by atoms with E-state index >= 15 is 0 Å². The Morgan fingerprint density at radius 1 is 0.600 bits per heavy atom. The molecule has 0 fully saturated rings. The predicted molar refractivity (Wildman–Crippen MR) is 126 cm³/mol. The molecule has 0 heterocycles. The van der Waals surface area contributed by atoms with Crippen LogP contribution in [0.1, 0.15) is 96.8 Å². The molecular weight excluding hydrogens is 474 g/mol. The standard InChI is InChI=1S/C22H41N.C5H5.BrH.Fe/c1-3-4-5-6-7-8-9-10-11-12-13-14-15-18-21-23(2)22-19-16-17-20-22;1-2-4-5-3-1;;/h16-17,19-20,23H,3-15,18,21H2,1-2H3;1-5H;1H;/q;-5;;/p-1. The molecule has 0 saturated heterocycles. The minimum Gasteiger partial charge on any atom is -1.00 e. The van der Waals surface area contributed by atoms with Crippen LogP contribution in [0.4, 0.5) is 5.69 Å². The zero-order chi connectivity index (χ0) is 20.1. The summed E-state index contributed by atoms with van der Waals surface area (Å²) < 4.78 is 0. The van der Waals surface area contributed by atoms with Crippen LogP contribution in [0, 0.1) is 0 Å². The van der Waals surface area contributed by atoms with Gasteiger partial charge in [0.1, 0.15) is 0 Å². The summed E-state index contributed by atoms with van der Waals surface area (Å²) in [6.45, 7) is 3.57. The van der Waals surface area contributed by atoms with Crippen LogP contribution in [0.5, 0.6) is 0 Å². The van der Waals surface area contributed by atoms with Crippen LogP contribution in [-0.4, -0.2) is 13.6 Å². The third-order valence-electron chi connectivity index (χ3n) is 5.62. The normalized spacial score (nSPS) is 11.0. The van der Waals surface area contributed by atoms with Crippen molar-refractivity contribution in [2.75, 3.05) is 13.6 Å².